The van der Waals surface area contributed by atoms with E-state index >= 15 is 0 Å². The molecule has 0 bridgehead atoms. The van der Waals surface area contributed by atoms with Crippen molar-refractivity contribution in [3.05, 3.63) is 28.7 Å². The van der Waals surface area contributed by atoms with E-state index in [-0.39, 0.29) is 12.2 Å². The van der Waals surface area contributed by atoms with Crippen LogP contribution >= 0.6 is 0 Å². The summed E-state index contributed by atoms with van der Waals surface area (Å²) in [5, 5.41) is 4.51. The van der Waals surface area contributed by atoms with Crippen LogP contribution in [0.2, 0.25) is 0 Å². The molecular weight excluding hydrogens is 344 g/mol. The fourth-order valence-electron chi connectivity index (χ4n) is 4.26. The molecule has 2 aromatic heterocycles. The van der Waals surface area contributed by atoms with E-state index in [2.05, 4.69) is 17.0 Å². The standard InChI is InChI=1S/C20H28N4O3/c1-13-12-18-21-14(2)17(15(3)24(18)22-13)4-5-19(25)23-8-6-16(7-9-23)20-26-10-11-27-20/h12,16,20H,4-11H2,1-3H3. The molecule has 2 aliphatic rings. The highest BCUT2D eigenvalue weighted by Crippen LogP contribution is 2.26. The number of aromatic nitrogens is 3. The Bertz CT molecular complexity index is 833. The largest absolute Gasteiger partial charge is 0.350 e. The predicted octanol–water partition coefficient (Wildman–Crippen LogP) is 2.20. The van der Waals surface area contributed by atoms with E-state index in [0.29, 0.717) is 32.0 Å². The summed E-state index contributed by atoms with van der Waals surface area (Å²) in [6.07, 6.45) is 3.05. The van der Waals surface area contributed by atoms with Gasteiger partial charge in [0.1, 0.15) is 0 Å². The number of ether oxygens (including phenoxy) is 2. The van der Waals surface area contributed by atoms with Crippen molar-refractivity contribution in [1.29, 1.82) is 0 Å². The van der Waals surface area contributed by atoms with Crippen molar-refractivity contribution in [3.8, 4) is 0 Å². The highest BCUT2D eigenvalue weighted by molar-refractivity contribution is 5.76. The van der Waals surface area contributed by atoms with Gasteiger partial charge in [-0.1, -0.05) is 0 Å². The molecule has 2 fully saturated rings. The molecule has 0 N–H and O–H groups in total. The molecule has 1 amide bonds. The summed E-state index contributed by atoms with van der Waals surface area (Å²) in [4.78, 5) is 19.3. The third-order valence-electron chi connectivity index (χ3n) is 5.80. The number of hydrogen-bond acceptors (Lipinski definition) is 5. The van der Waals surface area contributed by atoms with Gasteiger partial charge in [-0.3, -0.25) is 4.79 Å². The van der Waals surface area contributed by atoms with Crippen molar-refractivity contribution >= 4 is 11.6 Å². The molecule has 7 heteroatoms. The molecule has 2 aliphatic heterocycles. The van der Waals surface area contributed by atoms with Crippen molar-refractivity contribution in [2.45, 2.75) is 52.7 Å². The van der Waals surface area contributed by atoms with E-state index in [1.807, 2.05) is 29.3 Å². The van der Waals surface area contributed by atoms with Crippen LogP contribution in [0, 0.1) is 26.7 Å². The van der Waals surface area contributed by atoms with Crippen LogP contribution in [0.5, 0.6) is 0 Å². The molecule has 27 heavy (non-hydrogen) atoms. The monoisotopic (exact) mass is 372 g/mol. The molecule has 0 saturated carbocycles. The molecule has 2 saturated heterocycles. The summed E-state index contributed by atoms with van der Waals surface area (Å²) in [7, 11) is 0. The van der Waals surface area contributed by atoms with Crippen LogP contribution in [0.25, 0.3) is 5.65 Å². The molecule has 0 aromatic carbocycles. The second-order valence-electron chi connectivity index (χ2n) is 7.65. The van der Waals surface area contributed by atoms with Crippen LogP contribution in [0.1, 0.15) is 41.9 Å². The number of piperidine rings is 1. The Morgan fingerprint density at radius 1 is 1.19 bits per heavy atom. The lowest BCUT2D eigenvalue weighted by atomic mass is 9.95. The van der Waals surface area contributed by atoms with E-state index in [0.717, 1.165) is 54.2 Å². The van der Waals surface area contributed by atoms with E-state index in [1.165, 1.54) is 0 Å². The van der Waals surface area contributed by atoms with Gasteiger partial charge in [0.2, 0.25) is 5.91 Å². The van der Waals surface area contributed by atoms with Crippen LogP contribution in [0.3, 0.4) is 0 Å². The second kappa shape index (κ2) is 7.56. The molecule has 0 unspecified atom stereocenters. The summed E-state index contributed by atoms with van der Waals surface area (Å²) in [6.45, 7) is 9.01. The Morgan fingerprint density at radius 3 is 2.59 bits per heavy atom. The minimum Gasteiger partial charge on any atom is -0.350 e. The van der Waals surface area contributed by atoms with Crippen LogP contribution in [0.4, 0.5) is 0 Å². The van der Waals surface area contributed by atoms with E-state index < -0.39 is 0 Å². The van der Waals surface area contributed by atoms with Crippen molar-refractivity contribution in [1.82, 2.24) is 19.5 Å². The Labute approximate surface area is 159 Å². The minimum atomic E-state index is -0.0668. The Morgan fingerprint density at radius 2 is 1.89 bits per heavy atom. The molecular formula is C20H28N4O3. The summed E-state index contributed by atoms with van der Waals surface area (Å²) >= 11 is 0. The minimum absolute atomic E-state index is 0.0668. The quantitative estimate of drug-likeness (QED) is 0.823. The van der Waals surface area contributed by atoms with Crippen LogP contribution in [-0.4, -0.2) is 58.0 Å². The van der Waals surface area contributed by atoms with Gasteiger partial charge in [-0.05, 0) is 45.6 Å². The first-order valence-electron chi connectivity index (χ1n) is 9.86. The molecule has 4 rings (SSSR count). The highest BCUT2D eigenvalue weighted by atomic mass is 16.7. The summed E-state index contributed by atoms with van der Waals surface area (Å²) in [6, 6.07) is 1.98. The maximum Gasteiger partial charge on any atom is 0.222 e. The fraction of sp³-hybridized carbons (Fsp3) is 0.650. The number of carbonyl (C=O) groups is 1. The number of fused-ring (bicyclic) bond motifs is 1. The molecule has 4 heterocycles. The van der Waals surface area contributed by atoms with Gasteiger partial charge in [0.15, 0.2) is 11.9 Å². The van der Waals surface area contributed by atoms with E-state index in [4.69, 9.17) is 9.47 Å². The lowest BCUT2D eigenvalue weighted by molar-refractivity contribution is -0.136. The maximum absolute atomic E-state index is 12.7. The van der Waals surface area contributed by atoms with Gasteiger partial charge in [0, 0.05) is 42.9 Å². The van der Waals surface area contributed by atoms with Crippen LogP contribution in [0.15, 0.2) is 6.07 Å². The molecule has 0 spiro atoms. The first-order chi connectivity index (χ1) is 13.0. The normalized spacial score (nSPS) is 19.3. The number of rotatable bonds is 4. The van der Waals surface area contributed by atoms with E-state index in [9.17, 15) is 4.79 Å². The smallest absolute Gasteiger partial charge is 0.222 e. The molecule has 2 aromatic rings. The topological polar surface area (TPSA) is 69.0 Å². The van der Waals surface area contributed by atoms with Crippen molar-refractivity contribution in [2.24, 2.45) is 5.92 Å². The zero-order valence-corrected chi connectivity index (χ0v) is 16.4. The first-order valence-corrected chi connectivity index (χ1v) is 9.86. The number of likely N-dealkylation sites (tertiary alicyclic amines) is 1. The van der Waals surface area contributed by atoms with Crippen molar-refractivity contribution in [2.75, 3.05) is 26.3 Å². The summed E-state index contributed by atoms with van der Waals surface area (Å²) in [5.41, 5.74) is 5.02. The molecule has 0 atom stereocenters. The maximum atomic E-state index is 12.7. The summed E-state index contributed by atoms with van der Waals surface area (Å²) < 4.78 is 13.1. The third-order valence-corrected chi connectivity index (χ3v) is 5.80. The van der Waals surface area contributed by atoms with Crippen LogP contribution < -0.4 is 0 Å². The number of aryl methyl sites for hydroxylation is 3. The number of amides is 1. The average molecular weight is 372 g/mol. The van der Waals surface area contributed by atoms with Crippen molar-refractivity contribution < 1.29 is 14.3 Å². The number of hydrogen-bond donors (Lipinski definition) is 0. The third kappa shape index (κ3) is 3.71. The van der Waals surface area contributed by atoms with Gasteiger partial charge < -0.3 is 14.4 Å². The number of nitrogens with zero attached hydrogens (tertiary/aromatic N) is 4. The number of carbonyl (C=O) groups excluding carboxylic acids is 1. The van der Waals surface area contributed by atoms with Gasteiger partial charge in [0.25, 0.3) is 0 Å². The van der Waals surface area contributed by atoms with Crippen LogP contribution in [-0.2, 0) is 20.7 Å². The molecule has 0 aliphatic carbocycles. The fourth-order valence-corrected chi connectivity index (χ4v) is 4.26. The molecule has 7 nitrogen and oxygen atoms in total. The molecule has 0 radical (unpaired) electrons. The molecule has 146 valence electrons. The second-order valence-corrected chi connectivity index (χ2v) is 7.65. The zero-order chi connectivity index (χ0) is 19.0. The van der Waals surface area contributed by atoms with Gasteiger partial charge in [0.05, 0.1) is 18.9 Å². The SMILES string of the molecule is Cc1cc2nc(C)c(CCC(=O)N3CCC(C4OCCO4)CC3)c(C)n2n1. The summed E-state index contributed by atoms with van der Waals surface area (Å²) in [5.74, 6) is 0.632. The average Bonchev–Trinajstić information content (AvgIpc) is 3.31. The zero-order valence-electron chi connectivity index (χ0n) is 16.4. The Balaban J connectivity index is 1.36. The van der Waals surface area contributed by atoms with Gasteiger partial charge in [-0.2, -0.15) is 5.10 Å². The van der Waals surface area contributed by atoms with Gasteiger partial charge in [-0.25, -0.2) is 9.50 Å². The van der Waals surface area contributed by atoms with Gasteiger partial charge >= 0.3 is 0 Å². The first kappa shape index (κ1) is 18.4. The Hall–Kier alpha value is -1.99. The van der Waals surface area contributed by atoms with E-state index in [1.54, 1.807) is 0 Å². The highest BCUT2D eigenvalue weighted by Gasteiger charge is 2.31. The lowest BCUT2D eigenvalue weighted by Crippen LogP contribution is -2.41. The van der Waals surface area contributed by atoms with Crippen molar-refractivity contribution in [3.63, 3.8) is 0 Å². The lowest BCUT2D eigenvalue weighted by Gasteiger charge is -2.34. The Kier molecular flexibility index (Phi) is 5.14. The predicted molar refractivity (Wildman–Crippen MR) is 101 cm³/mol. The van der Waals surface area contributed by atoms with Gasteiger partial charge in [-0.15, -0.1) is 0 Å².